The Bertz CT molecular complexity index is 861. The molecule has 1 aliphatic rings. The third kappa shape index (κ3) is 3.59. The minimum Gasteiger partial charge on any atom is -0.326 e. The second-order valence-electron chi connectivity index (χ2n) is 6.05. The number of fused-ring (bicyclic) bond motifs is 1. The van der Waals surface area contributed by atoms with E-state index in [1.807, 2.05) is 43.3 Å². The van der Waals surface area contributed by atoms with Crippen molar-refractivity contribution in [1.29, 1.82) is 0 Å². The zero-order valence-corrected chi connectivity index (χ0v) is 14.9. The van der Waals surface area contributed by atoms with E-state index in [4.69, 9.17) is 11.6 Å². The van der Waals surface area contributed by atoms with Crippen molar-refractivity contribution in [3.05, 3.63) is 70.4 Å². The first-order valence-electron chi connectivity index (χ1n) is 8.08. The number of nitrogens with zero attached hydrogens (tertiary/aromatic N) is 1. The highest BCUT2D eigenvalue weighted by Gasteiger charge is 2.28. The van der Waals surface area contributed by atoms with Crippen LogP contribution in [0.15, 0.2) is 48.7 Å². The maximum Gasteiger partial charge on any atom is 0.226 e. The topological polar surface area (TPSA) is 49.4 Å². The van der Waals surface area contributed by atoms with Crippen LogP contribution in [-0.4, -0.2) is 16.7 Å². The molecule has 0 fully saturated rings. The second-order valence-corrected chi connectivity index (χ2v) is 6.46. The molecule has 2 aromatic carbocycles. The smallest absolute Gasteiger partial charge is 0.226 e. The van der Waals surface area contributed by atoms with Gasteiger partial charge in [-0.25, -0.2) is 0 Å². The van der Waals surface area contributed by atoms with Gasteiger partial charge in [-0.3, -0.25) is 9.59 Å². The number of rotatable bonds is 3. The largest absolute Gasteiger partial charge is 0.326 e. The summed E-state index contributed by atoms with van der Waals surface area (Å²) in [5, 5.41) is 3.51. The number of benzene rings is 2. The molecule has 0 aromatic heterocycles. The molecule has 0 bridgehead atoms. The highest BCUT2D eigenvalue weighted by molar-refractivity contribution is 6.31. The molecule has 128 valence electrons. The van der Waals surface area contributed by atoms with Crippen molar-refractivity contribution < 1.29 is 9.59 Å². The van der Waals surface area contributed by atoms with Crippen molar-refractivity contribution in [2.75, 3.05) is 5.32 Å². The Morgan fingerprint density at radius 1 is 1.16 bits per heavy atom. The van der Waals surface area contributed by atoms with Crippen molar-refractivity contribution in [3.63, 3.8) is 0 Å². The molecule has 0 saturated heterocycles. The molecule has 2 aromatic rings. The van der Waals surface area contributed by atoms with Crippen molar-refractivity contribution in [2.45, 2.75) is 26.3 Å². The van der Waals surface area contributed by atoms with Gasteiger partial charge in [0.2, 0.25) is 11.8 Å². The molecule has 1 aliphatic heterocycles. The standard InChI is InChI=1S/C20H19ClN2O2/c1-13-17(21)8-5-9-18(13)22-20(25)12-19-16-7-4-3-6-15(16)10-11-23(19)14(2)24/h3-11,19H,12H2,1-2H3,(H,22,25)/t19-/m0/s1. The number of nitrogens with one attached hydrogen (secondary N) is 1. The molecule has 0 unspecified atom stereocenters. The van der Waals surface area contributed by atoms with Gasteiger partial charge in [-0.15, -0.1) is 0 Å². The lowest BCUT2D eigenvalue weighted by atomic mass is 9.93. The molecule has 0 radical (unpaired) electrons. The zero-order valence-electron chi connectivity index (χ0n) is 14.1. The number of hydrogen-bond acceptors (Lipinski definition) is 2. The molecule has 1 N–H and O–H groups in total. The SMILES string of the molecule is CC(=O)N1C=Cc2ccccc2[C@@H]1CC(=O)Nc1cccc(Cl)c1C. The van der Waals surface area contributed by atoms with Crippen molar-refractivity contribution in [2.24, 2.45) is 0 Å². The molecule has 4 nitrogen and oxygen atoms in total. The van der Waals surface area contributed by atoms with Gasteiger partial charge in [-0.1, -0.05) is 41.9 Å². The summed E-state index contributed by atoms with van der Waals surface area (Å²) in [6.45, 7) is 3.36. The van der Waals surface area contributed by atoms with Crippen LogP contribution < -0.4 is 5.32 Å². The van der Waals surface area contributed by atoms with E-state index in [1.54, 1.807) is 23.2 Å². The van der Waals surface area contributed by atoms with Gasteiger partial charge in [0.15, 0.2) is 0 Å². The lowest BCUT2D eigenvalue weighted by Gasteiger charge is -2.32. The van der Waals surface area contributed by atoms with Gasteiger partial charge in [0.1, 0.15) is 0 Å². The van der Waals surface area contributed by atoms with Crippen LogP contribution in [0.4, 0.5) is 5.69 Å². The highest BCUT2D eigenvalue weighted by Crippen LogP contribution is 2.33. The van der Waals surface area contributed by atoms with E-state index < -0.39 is 0 Å². The van der Waals surface area contributed by atoms with E-state index in [0.29, 0.717) is 10.7 Å². The van der Waals surface area contributed by atoms with Gasteiger partial charge in [-0.05, 0) is 41.8 Å². The molecule has 0 spiro atoms. The van der Waals surface area contributed by atoms with E-state index in [0.717, 1.165) is 16.7 Å². The zero-order chi connectivity index (χ0) is 18.0. The number of halogens is 1. The summed E-state index contributed by atoms with van der Waals surface area (Å²) in [5.74, 6) is -0.255. The van der Waals surface area contributed by atoms with Crippen LogP contribution in [0.25, 0.3) is 6.08 Å². The number of anilines is 1. The second kappa shape index (κ2) is 7.11. The van der Waals surface area contributed by atoms with Crippen LogP contribution in [0.1, 0.15) is 36.1 Å². The summed E-state index contributed by atoms with van der Waals surface area (Å²) in [7, 11) is 0. The van der Waals surface area contributed by atoms with Crippen LogP contribution in [0.3, 0.4) is 0 Å². The molecule has 25 heavy (non-hydrogen) atoms. The van der Waals surface area contributed by atoms with Crippen LogP contribution in [-0.2, 0) is 9.59 Å². The Labute approximate surface area is 152 Å². The molecule has 3 rings (SSSR count). The Morgan fingerprint density at radius 3 is 2.68 bits per heavy atom. The van der Waals surface area contributed by atoms with Gasteiger partial charge in [-0.2, -0.15) is 0 Å². The summed E-state index contributed by atoms with van der Waals surface area (Å²) < 4.78 is 0. The van der Waals surface area contributed by atoms with Crippen molar-refractivity contribution in [3.8, 4) is 0 Å². The summed E-state index contributed by atoms with van der Waals surface area (Å²) in [6.07, 6.45) is 3.81. The van der Waals surface area contributed by atoms with E-state index in [-0.39, 0.29) is 24.3 Å². The fourth-order valence-electron chi connectivity index (χ4n) is 3.03. The van der Waals surface area contributed by atoms with E-state index >= 15 is 0 Å². The maximum absolute atomic E-state index is 12.6. The number of amides is 2. The van der Waals surface area contributed by atoms with Gasteiger partial charge in [0, 0.05) is 23.8 Å². The predicted molar refractivity (Wildman–Crippen MR) is 100 cm³/mol. The molecular weight excluding hydrogens is 336 g/mol. The van der Waals surface area contributed by atoms with Gasteiger partial charge < -0.3 is 10.2 Å². The summed E-state index contributed by atoms with van der Waals surface area (Å²) in [6, 6.07) is 12.9. The minimum atomic E-state index is -0.321. The first-order valence-corrected chi connectivity index (χ1v) is 8.46. The van der Waals surface area contributed by atoms with Gasteiger partial charge in [0.25, 0.3) is 0 Å². The molecule has 5 heteroatoms. The van der Waals surface area contributed by atoms with Crippen LogP contribution >= 0.6 is 11.6 Å². The van der Waals surface area contributed by atoms with Crippen LogP contribution in [0.2, 0.25) is 5.02 Å². The lowest BCUT2D eigenvalue weighted by Crippen LogP contribution is -2.33. The first-order chi connectivity index (χ1) is 12.0. The monoisotopic (exact) mass is 354 g/mol. The van der Waals surface area contributed by atoms with Crippen molar-refractivity contribution in [1.82, 2.24) is 4.90 Å². The van der Waals surface area contributed by atoms with E-state index in [2.05, 4.69) is 5.32 Å². The quantitative estimate of drug-likeness (QED) is 0.878. The normalized spacial score (nSPS) is 15.6. The Morgan fingerprint density at radius 2 is 1.92 bits per heavy atom. The third-order valence-corrected chi connectivity index (χ3v) is 4.80. The number of carbonyl (C=O) groups is 2. The maximum atomic E-state index is 12.6. The average Bonchev–Trinajstić information content (AvgIpc) is 2.59. The fraction of sp³-hybridized carbons (Fsp3) is 0.200. The molecule has 1 atom stereocenters. The molecular formula is C20H19ClN2O2. The van der Waals surface area contributed by atoms with E-state index in [9.17, 15) is 9.59 Å². The van der Waals surface area contributed by atoms with Crippen LogP contribution in [0.5, 0.6) is 0 Å². The number of carbonyl (C=O) groups excluding carboxylic acids is 2. The Kier molecular flexibility index (Phi) is 4.91. The summed E-state index contributed by atoms with van der Waals surface area (Å²) in [4.78, 5) is 26.2. The Balaban J connectivity index is 1.84. The van der Waals surface area contributed by atoms with Crippen LogP contribution in [0, 0.1) is 6.92 Å². The van der Waals surface area contributed by atoms with E-state index in [1.165, 1.54) is 6.92 Å². The molecule has 0 aliphatic carbocycles. The predicted octanol–water partition coefficient (Wildman–Crippen LogP) is 4.55. The van der Waals surface area contributed by atoms with Crippen molar-refractivity contribution >= 4 is 35.2 Å². The minimum absolute atomic E-state index is 0.0949. The average molecular weight is 355 g/mol. The van der Waals surface area contributed by atoms with Gasteiger partial charge in [0.05, 0.1) is 12.5 Å². The number of hydrogen-bond donors (Lipinski definition) is 1. The molecule has 2 amide bonds. The lowest BCUT2D eigenvalue weighted by molar-refractivity contribution is -0.129. The first kappa shape index (κ1) is 17.2. The summed E-state index contributed by atoms with van der Waals surface area (Å²) >= 11 is 6.11. The summed E-state index contributed by atoms with van der Waals surface area (Å²) in [5.41, 5.74) is 3.51. The Hall–Kier alpha value is -2.59. The van der Waals surface area contributed by atoms with Gasteiger partial charge >= 0.3 is 0 Å². The third-order valence-electron chi connectivity index (χ3n) is 4.39. The molecule has 0 saturated carbocycles. The highest BCUT2D eigenvalue weighted by atomic mass is 35.5. The fourth-order valence-corrected chi connectivity index (χ4v) is 3.21. The molecule has 1 heterocycles.